The third kappa shape index (κ3) is 8.88. The molecule has 1 spiro atoms. The van der Waals surface area contributed by atoms with Gasteiger partial charge in [0.05, 0.1) is 28.5 Å². The number of hydrogen-bond donors (Lipinski definition) is 0. The van der Waals surface area contributed by atoms with Crippen LogP contribution in [0.4, 0.5) is 0 Å². The maximum atomic E-state index is 6.75. The minimum Gasteiger partial charge on any atom is -0.351 e. The van der Waals surface area contributed by atoms with Crippen LogP contribution >= 0.6 is 16.3 Å². The molecule has 2 saturated carbocycles. The van der Waals surface area contributed by atoms with Gasteiger partial charge < -0.3 is 9.05 Å². The van der Waals surface area contributed by atoms with Crippen molar-refractivity contribution in [2.75, 3.05) is 25.4 Å². The van der Waals surface area contributed by atoms with Crippen molar-refractivity contribution in [2.45, 2.75) is 140 Å². The average Bonchev–Trinajstić information content (AvgIpc) is 2.85. The highest BCUT2D eigenvalue weighted by atomic mass is 31.1. The maximum absolute atomic E-state index is 6.75. The molecule has 0 aromatic carbocycles. The highest BCUT2D eigenvalue weighted by molar-refractivity contribution is 7.52. The Morgan fingerprint density at radius 1 is 0.488 bits per heavy atom. The van der Waals surface area contributed by atoms with Gasteiger partial charge in [-0.1, -0.05) is 83.1 Å². The van der Waals surface area contributed by atoms with Gasteiger partial charge in [-0.2, -0.15) is 0 Å². The second-order valence-corrected chi connectivity index (χ2v) is 20.9. The molecular formula is C33H62O6P2. The van der Waals surface area contributed by atoms with Crippen LogP contribution in [0, 0.1) is 45.3 Å². The molecular weight excluding hydrogens is 554 g/mol. The van der Waals surface area contributed by atoms with E-state index in [1.165, 1.54) is 25.7 Å². The van der Waals surface area contributed by atoms with Crippen molar-refractivity contribution in [1.29, 1.82) is 0 Å². The molecule has 6 nitrogen and oxygen atoms in total. The lowest BCUT2D eigenvalue weighted by Gasteiger charge is -2.49. The quantitative estimate of drug-likeness (QED) is 0.293. The van der Waals surface area contributed by atoms with Crippen LogP contribution in [-0.2, 0) is 28.0 Å². The highest BCUT2D eigenvalue weighted by Gasteiger charge is 2.49. The third-order valence-corrected chi connectivity index (χ3v) is 13.2. The predicted octanol–water partition coefficient (Wildman–Crippen LogP) is 10.1. The Labute approximate surface area is 254 Å². The van der Waals surface area contributed by atoms with Crippen LogP contribution in [0.3, 0.4) is 0 Å². The molecule has 2 aliphatic carbocycles. The third-order valence-electron chi connectivity index (χ3n) is 10.4. The molecule has 0 aromatic heterocycles. The Balaban J connectivity index is 1.26. The first-order valence-corrected chi connectivity index (χ1v) is 19.4. The molecule has 6 atom stereocenters. The molecule has 2 aliphatic heterocycles. The predicted molar refractivity (Wildman–Crippen MR) is 170 cm³/mol. The molecule has 4 rings (SSSR count). The molecule has 41 heavy (non-hydrogen) atoms. The fourth-order valence-electron chi connectivity index (χ4n) is 7.37. The van der Waals surface area contributed by atoms with E-state index in [4.69, 9.17) is 28.0 Å². The summed E-state index contributed by atoms with van der Waals surface area (Å²) in [5, 5.41) is 0. The largest absolute Gasteiger partial charge is 0.414 e. The number of hydrogen-bond acceptors (Lipinski definition) is 6. The minimum atomic E-state index is -1.40. The van der Waals surface area contributed by atoms with E-state index in [2.05, 4.69) is 83.1 Å². The van der Waals surface area contributed by atoms with E-state index >= 15 is 0 Å². The molecule has 2 heterocycles. The highest BCUT2D eigenvalue weighted by Crippen LogP contribution is 2.56. The van der Waals surface area contributed by atoms with Crippen molar-refractivity contribution in [3.63, 3.8) is 0 Å². The van der Waals surface area contributed by atoms with Gasteiger partial charge in [-0.25, -0.2) is 0 Å². The molecule has 0 bridgehead atoms. The molecule has 2 saturated heterocycles. The first-order chi connectivity index (χ1) is 18.8. The summed E-state index contributed by atoms with van der Waals surface area (Å²) in [4.78, 5) is 0. The van der Waals surface area contributed by atoms with Crippen molar-refractivity contribution in [3.8, 4) is 0 Å². The lowest BCUT2D eigenvalue weighted by molar-refractivity contribution is -0.493. The lowest BCUT2D eigenvalue weighted by atomic mass is 9.62. The van der Waals surface area contributed by atoms with Crippen molar-refractivity contribution < 1.29 is 28.0 Å². The number of rotatable bonds is 4. The first-order valence-electron chi connectivity index (χ1n) is 16.2. The van der Waals surface area contributed by atoms with E-state index < -0.39 is 22.5 Å². The normalized spacial score (nSPS) is 40.1. The van der Waals surface area contributed by atoms with Gasteiger partial charge in [0, 0.05) is 0 Å². The van der Waals surface area contributed by atoms with Crippen LogP contribution in [0.2, 0.25) is 0 Å². The molecule has 4 fully saturated rings. The second kappa shape index (κ2) is 12.8. The van der Waals surface area contributed by atoms with Crippen LogP contribution < -0.4 is 0 Å². The SMILES string of the molecule is CC(C)(C)C1CCC(OP2COC3(OC2)OCP(OC2CCC(C(C)(C)C)CC2C(C)(C)C)CO3)C(C(C)(C)C)C1. The summed E-state index contributed by atoms with van der Waals surface area (Å²) in [5.74, 6) is 2.51. The maximum Gasteiger partial charge on any atom is 0.414 e. The van der Waals surface area contributed by atoms with Gasteiger partial charge in [-0.05, 0) is 83.9 Å². The molecule has 0 amide bonds. The Kier molecular flexibility index (Phi) is 10.8. The summed E-state index contributed by atoms with van der Waals surface area (Å²) in [7, 11) is -1.70. The smallest absolute Gasteiger partial charge is 0.351 e. The standard InChI is InChI=1S/C33H62O6P2/c1-29(2,3)23-13-15-27(25(17-23)31(7,8)9)38-40-19-34-33(35-20-40)36-21-41(22-37-33)39-28-16-14-24(30(4,5)6)18-26(28)32(10,11)12/h23-28H,13-22H2,1-12H3. The minimum absolute atomic E-state index is 0.202. The van der Waals surface area contributed by atoms with Gasteiger partial charge in [0.1, 0.15) is 25.4 Å². The van der Waals surface area contributed by atoms with Gasteiger partial charge >= 0.3 is 6.16 Å². The van der Waals surface area contributed by atoms with Crippen LogP contribution in [0.5, 0.6) is 0 Å². The van der Waals surface area contributed by atoms with Crippen LogP contribution in [0.15, 0.2) is 0 Å². The molecule has 4 aliphatic rings. The summed E-state index contributed by atoms with van der Waals surface area (Å²) >= 11 is 0. The monoisotopic (exact) mass is 616 g/mol. The second-order valence-electron chi connectivity index (χ2n) is 17.5. The summed E-state index contributed by atoms with van der Waals surface area (Å²) in [5.41, 5.74) is 1.07. The van der Waals surface area contributed by atoms with E-state index in [-0.39, 0.29) is 23.0 Å². The zero-order chi connectivity index (χ0) is 30.4. The van der Waals surface area contributed by atoms with E-state index in [9.17, 15) is 0 Å². The molecule has 0 radical (unpaired) electrons. The molecule has 8 heteroatoms. The lowest BCUT2D eigenvalue weighted by Crippen LogP contribution is -2.49. The van der Waals surface area contributed by atoms with E-state index in [0.29, 0.717) is 48.1 Å². The van der Waals surface area contributed by atoms with E-state index in [0.717, 1.165) is 24.7 Å². The molecule has 0 N–H and O–H groups in total. The molecule has 6 unspecified atom stereocenters. The summed E-state index contributed by atoms with van der Waals surface area (Å²) in [6.07, 6.45) is 8.11. The van der Waals surface area contributed by atoms with Crippen LogP contribution in [0.1, 0.15) is 122 Å². The average molecular weight is 617 g/mol. The zero-order valence-electron chi connectivity index (χ0n) is 28.4. The summed E-state index contributed by atoms with van der Waals surface area (Å²) in [6, 6.07) is 0. The fourth-order valence-corrected chi connectivity index (χ4v) is 10.2. The van der Waals surface area contributed by atoms with Crippen molar-refractivity contribution >= 4 is 16.3 Å². The Hall–Kier alpha value is 0.620. The van der Waals surface area contributed by atoms with Crippen molar-refractivity contribution in [1.82, 2.24) is 0 Å². The van der Waals surface area contributed by atoms with Crippen LogP contribution in [-0.4, -0.2) is 43.8 Å². The van der Waals surface area contributed by atoms with E-state index in [1.807, 2.05) is 0 Å². The van der Waals surface area contributed by atoms with Crippen molar-refractivity contribution in [2.24, 2.45) is 45.3 Å². The van der Waals surface area contributed by atoms with Crippen LogP contribution in [0.25, 0.3) is 0 Å². The van der Waals surface area contributed by atoms with Gasteiger partial charge in [-0.3, -0.25) is 18.9 Å². The van der Waals surface area contributed by atoms with Gasteiger partial charge in [0.25, 0.3) is 0 Å². The van der Waals surface area contributed by atoms with Gasteiger partial charge in [0.2, 0.25) is 0 Å². The summed E-state index contributed by atoms with van der Waals surface area (Å²) in [6.45, 7) is 28.4. The first kappa shape index (κ1) is 34.5. The Morgan fingerprint density at radius 2 is 0.805 bits per heavy atom. The Morgan fingerprint density at radius 3 is 1.07 bits per heavy atom. The Bertz CT molecular complexity index is 764. The molecule has 0 aromatic rings. The fraction of sp³-hybridized carbons (Fsp3) is 1.00. The van der Waals surface area contributed by atoms with E-state index in [1.54, 1.807) is 0 Å². The van der Waals surface area contributed by atoms with Gasteiger partial charge in [0.15, 0.2) is 0 Å². The topological polar surface area (TPSA) is 55.4 Å². The number of ether oxygens (including phenoxy) is 4. The van der Waals surface area contributed by atoms with Gasteiger partial charge in [-0.15, -0.1) is 0 Å². The zero-order valence-corrected chi connectivity index (χ0v) is 30.2. The molecule has 240 valence electrons. The summed E-state index contributed by atoms with van der Waals surface area (Å²) < 4.78 is 38.0. The van der Waals surface area contributed by atoms with Crippen molar-refractivity contribution in [3.05, 3.63) is 0 Å².